The first-order chi connectivity index (χ1) is 10.1. The molecule has 1 aromatic rings. The molecule has 2 rings (SSSR count). The van der Waals surface area contributed by atoms with Crippen molar-refractivity contribution < 1.29 is 4.79 Å². The Morgan fingerprint density at radius 1 is 1.38 bits per heavy atom. The Balaban J connectivity index is 1.63. The molecule has 0 aromatic heterocycles. The van der Waals surface area contributed by atoms with Gasteiger partial charge in [0.1, 0.15) is 0 Å². The third-order valence-electron chi connectivity index (χ3n) is 4.44. The van der Waals surface area contributed by atoms with E-state index in [9.17, 15) is 4.79 Å². The molecule has 1 fully saturated rings. The number of aryl methyl sites for hydroxylation is 1. The van der Waals surface area contributed by atoms with E-state index in [1.54, 1.807) is 0 Å². The van der Waals surface area contributed by atoms with Crippen molar-refractivity contribution in [3.8, 4) is 0 Å². The predicted molar refractivity (Wildman–Crippen MR) is 87.4 cm³/mol. The van der Waals surface area contributed by atoms with Gasteiger partial charge in [0.05, 0.1) is 0 Å². The Kier molecular flexibility index (Phi) is 6.24. The number of hydrogen-bond acceptors (Lipinski definition) is 2. The lowest BCUT2D eigenvalue weighted by atomic mass is 9.98. The second-order valence-corrected chi connectivity index (χ2v) is 6.26. The molecule has 1 aromatic carbocycles. The van der Waals surface area contributed by atoms with Crippen molar-refractivity contribution in [1.82, 2.24) is 10.2 Å². The highest BCUT2D eigenvalue weighted by Gasteiger charge is 2.19. The molecule has 0 aliphatic carbocycles. The standard InChI is InChI=1S/C18H28N2O/c1-15-6-5-7-16(14-15)11-12-19-18(21)10-9-17-8-3-4-13-20(17)2/h5-7,14,17H,3-4,8-13H2,1-2H3,(H,19,21). The van der Waals surface area contributed by atoms with Crippen LogP contribution in [-0.4, -0.2) is 37.0 Å². The van der Waals surface area contributed by atoms with Crippen LogP contribution in [-0.2, 0) is 11.2 Å². The molecule has 1 unspecified atom stereocenters. The third kappa shape index (κ3) is 5.50. The number of carbonyl (C=O) groups is 1. The van der Waals surface area contributed by atoms with Gasteiger partial charge >= 0.3 is 0 Å². The van der Waals surface area contributed by atoms with E-state index < -0.39 is 0 Å². The molecule has 1 aliphatic heterocycles. The second-order valence-electron chi connectivity index (χ2n) is 6.26. The van der Waals surface area contributed by atoms with Crippen molar-refractivity contribution in [2.75, 3.05) is 20.1 Å². The van der Waals surface area contributed by atoms with Gasteiger partial charge in [-0.2, -0.15) is 0 Å². The first-order valence-corrected chi connectivity index (χ1v) is 8.17. The van der Waals surface area contributed by atoms with E-state index in [4.69, 9.17) is 0 Å². The Morgan fingerprint density at radius 2 is 2.24 bits per heavy atom. The van der Waals surface area contributed by atoms with Crippen molar-refractivity contribution in [2.45, 2.75) is 51.5 Å². The highest BCUT2D eigenvalue weighted by atomic mass is 16.1. The second kappa shape index (κ2) is 8.18. The summed E-state index contributed by atoms with van der Waals surface area (Å²) >= 11 is 0. The highest BCUT2D eigenvalue weighted by molar-refractivity contribution is 5.75. The van der Waals surface area contributed by atoms with Gasteiger partial charge in [0.15, 0.2) is 0 Å². The first kappa shape index (κ1) is 16.0. The van der Waals surface area contributed by atoms with E-state index in [-0.39, 0.29) is 5.91 Å². The van der Waals surface area contributed by atoms with Crippen LogP contribution in [0.2, 0.25) is 0 Å². The zero-order chi connectivity index (χ0) is 15.1. The molecule has 1 aliphatic rings. The van der Waals surface area contributed by atoms with Crippen molar-refractivity contribution in [3.05, 3.63) is 35.4 Å². The molecule has 116 valence electrons. The predicted octanol–water partition coefficient (Wildman–Crippen LogP) is 2.92. The number of nitrogens with one attached hydrogen (secondary N) is 1. The first-order valence-electron chi connectivity index (χ1n) is 8.17. The number of rotatable bonds is 6. The summed E-state index contributed by atoms with van der Waals surface area (Å²) in [5, 5.41) is 3.05. The van der Waals surface area contributed by atoms with Gasteiger partial charge in [-0.3, -0.25) is 4.79 Å². The molecule has 0 saturated carbocycles. The van der Waals surface area contributed by atoms with Crippen LogP contribution in [0.3, 0.4) is 0 Å². The molecule has 1 N–H and O–H groups in total. The number of benzene rings is 1. The lowest BCUT2D eigenvalue weighted by molar-refractivity contribution is -0.121. The number of amides is 1. The number of piperidine rings is 1. The fourth-order valence-corrected chi connectivity index (χ4v) is 3.11. The molecule has 21 heavy (non-hydrogen) atoms. The maximum atomic E-state index is 11.9. The molecule has 1 atom stereocenters. The minimum Gasteiger partial charge on any atom is -0.356 e. The molecule has 3 heteroatoms. The van der Waals surface area contributed by atoms with Gasteiger partial charge in [-0.15, -0.1) is 0 Å². The number of hydrogen-bond donors (Lipinski definition) is 1. The SMILES string of the molecule is Cc1cccc(CCNC(=O)CCC2CCCCN2C)c1. The van der Waals surface area contributed by atoms with Gasteiger partial charge in [0.25, 0.3) is 0 Å². The lowest BCUT2D eigenvalue weighted by Crippen LogP contribution is -2.37. The Bertz CT molecular complexity index is 458. The van der Waals surface area contributed by atoms with E-state index >= 15 is 0 Å². The van der Waals surface area contributed by atoms with Crippen LogP contribution in [0.5, 0.6) is 0 Å². The fraction of sp³-hybridized carbons (Fsp3) is 0.611. The average Bonchev–Trinajstić information content (AvgIpc) is 2.46. The largest absolute Gasteiger partial charge is 0.356 e. The Morgan fingerprint density at radius 3 is 3.00 bits per heavy atom. The van der Waals surface area contributed by atoms with Crippen LogP contribution in [0, 0.1) is 6.92 Å². The number of nitrogens with zero attached hydrogens (tertiary/aromatic N) is 1. The topological polar surface area (TPSA) is 32.3 Å². The summed E-state index contributed by atoms with van der Waals surface area (Å²) in [5.41, 5.74) is 2.57. The normalized spacial score (nSPS) is 19.4. The summed E-state index contributed by atoms with van der Waals surface area (Å²) in [5.74, 6) is 0.196. The summed E-state index contributed by atoms with van der Waals surface area (Å²) in [6.45, 7) is 4.02. The Hall–Kier alpha value is -1.35. The van der Waals surface area contributed by atoms with Crippen molar-refractivity contribution in [3.63, 3.8) is 0 Å². The van der Waals surface area contributed by atoms with Gasteiger partial charge in [0, 0.05) is 19.0 Å². The quantitative estimate of drug-likeness (QED) is 0.873. The van der Waals surface area contributed by atoms with E-state index in [0.29, 0.717) is 12.5 Å². The van der Waals surface area contributed by atoms with Crippen LogP contribution in [0.25, 0.3) is 0 Å². The fourth-order valence-electron chi connectivity index (χ4n) is 3.11. The van der Waals surface area contributed by atoms with Gasteiger partial charge in [-0.25, -0.2) is 0 Å². The summed E-state index contributed by atoms with van der Waals surface area (Å²) in [6.07, 6.45) is 6.42. The zero-order valence-corrected chi connectivity index (χ0v) is 13.4. The average molecular weight is 288 g/mol. The summed E-state index contributed by atoms with van der Waals surface area (Å²) in [6, 6.07) is 9.08. The van der Waals surface area contributed by atoms with Crippen molar-refractivity contribution in [2.24, 2.45) is 0 Å². The van der Waals surface area contributed by atoms with Crippen LogP contribution in [0.4, 0.5) is 0 Å². The molecule has 0 bridgehead atoms. The molecule has 1 saturated heterocycles. The van der Waals surface area contributed by atoms with Crippen LogP contribution in [0.15, 0.2) is 24.3 Å². The van der Waals surface area contributed by atoms with E-state index in [2.05, 4.69) is 48.5 Å². The minimum absolute atomic E-state index is 0.196. The smallest absolute Gasteiger partial charge is 0.220 e. The van der Waals surface area contributed by atoms with Gasteiger partial charge in [-0.05, 0) is 51.8 Å². The molecular weight excluding hydrogens is 260 g/mol. The minimum atomic E-state index is 0.196. The van der Waals surface area contributed by atoms with Crippen molar-refractivity contribution in [1.29, 1.82) is 0 Å². The summed E-state index contributed by atoms with van der Waals surface area (Å²) in [4.78, 5) is 14.3. The lowest BCUT2D eigenvalue weighted by Gasteiger charge is -2.32. The van der Waals surface area contributed by atoms with Crippen LogP contribution < -0.4 is 5.32 Å². The number of likely N-dealkylation sites (tertiary alicyclic amines) is 1. The number of carbonyl (C=O) groups excluding carboxylic acids is 1. The summed E-state index contributed by atoms with van der Waals surface area (Å²) < 4.78 is 0. The monoisotopic (exact) mass is 288 g/mol. The van der Waals surface area contributed by atoms with Gasteiger partial charge < -0.3 is 10.2 Å². The van der Waals surface area contributed by atoms with Gasteiger partial charge in [-0.1, -0.05) is 36.2 Å². The Labute approximate surface area is 128 Å². The van der Waals surface area contributed by atoms with Crippen LogP contribution >= 0.6 is 0 Å². The van der Waals surface area contributed by atoms with E-state index in [1.807, 2.05) is 0 Å². The highest BCUT2D eigenvalue weighted by Crippen LogP contribution is 2.18. The molecular formula is C18H28N2O. The molecule has 1 amide bonds. The van der Waals surface area contributed by atoms with Crippen molar-refractivity contribution >= 4 is 5.91 Å². The van der Waals surface area contributed by atoms with E-state index in [1.165, 1.54) is 36.9 Å². The maximum Gasteiger partial charge on any atom is 0.220 e. The van der Waals surface area contributed by atoms with Crippen LogP contribution in [0.1, 0.15) is 43.2 Å². The molecule has 1 heterocycles. The molecule has 0 radical (unpaired) electrons. The molecule has 0 spiro atoms. The third-order valence-corrected chi connectivity index (χ3v) is 4.44. The molecule has 3 nitrogen and oxygen atoms in total. The maximum absolute atomic E-state index is 11.9. The van der Waals surface area contributed by atoms with Gasteiger partial charge in [0.2, 0.25) is 5.91 Å². The zero-order valence-electron chi connectivity index (χ0n) is 13.4. The van der Waals surface area contributed by atoms with E-state index in [0.717, 1.165) is 19.4 Å². The summed E-state index contributed by atoms with van der Waals surface area (Å²) in [7, 11) is 2.18.